The van der Waals surface area contributed by atoms with Crippen LogP contribution in [0.3, 0.4) is 0 Å². The van der Waals surface area contributed by atoms with Gasteiger partial charge in [-0.05, 0) is 18.2 Å². The largest absolute Gasteiger partial charge is 0.386 e. The Labute approximate surface area is 217 Å². The molecule has 38 heavy (non-hydrogen) atoms. The van der Waals surface area contributed by atoms with Crippen molar-refractivity contribution in [3.63, 3.8) is 0 Å². The van der Waals surface area contributed by atoms with Crippen LogP contribution in [-0.2, 0) is 7.05 Å². The van der Waals surface area contributed by atoms with Crippen LogP contribution in [0.15, 0.2) is 73.7 Å². The number of alkyl halides is 1. The molecule has 6 rings (SSSR count). The van der Waals surface area contributed by atoms with Gasteiger partial charge in [-0.2, -0.15) is 10.2 Å². The van der Waals surface area contributed by atoms with Gasteiger partial charge in [0.05, 0.1) is 6.20 Å². The third-order valence-electron chi connectivity index (χ3n) is 6.21. The molecule has 1 aliphatic heterocycles. The highest BCUT2D eigenvalue weighted by atomic mass is 19.1. The highest BCUT2D eigenvalue weighted by molar-refractivity contribution is 5.77. The molecule has 0 aliphatic carbocycles. The molecule has 1 unspecified atom stereocenters. The van der Waals surface area contributed by atoms with Gasteiger partial charge in [-0.1, -0.05) is 18.2 Å². The van der Waals surface area contributed by atoms with E-state index in [0.717, 1.165) is 48.6 Å². The monoisotopic (exact) mass is 519 g/mol. The average molecular weight is 520 g/mol. The van der Waals surface area contributed by atoms with Gasteiger partial charge in [-0.15, -0.1) is 0 Å². The zero-order valence-electron chi connectivity index (χ0n) is 20.8. The molecule has 1 fully saturated rings. The molecule has 0 bridgehead atoms. The number of benzene rings is 1. The Morgan fingerprint density at radius 1 is 0.895 bits per heavy atom. The fraction of sp³-hybridized carbons (Fsp3) is 0.269. The number of halogens is 2. The van der Waals surface area contributed by atoms with Crippen LogP contribution in [0.25, 0.3) is 16.6 Å². The Balaban J connectivity index is 0.000000366. The lowest BCUT2D eigenvalue weighted by Gasteiger charge is -2.35. The fourth-order valence-corrected chi connectivity index (χ4v) is 4.18. The summed E-state index contributed by atoms with van der Waals surface area (Å²) in [6.45, 7) is 2.09. The predicted molar refractivity (Wildman–Crippen MR) is 139 cm³/mol. The van der Waals surface area contributed by atoms with Crippen molar-refractivity contribution in [3.05, 3.63) is 85.1 Å². The van der Waals surface area contributed by atoms with Crippen molar-refractivity contribution in [2.45, 2.75) is 6.10 Å². The third kappa shape index (κ3) is 5.59. The van der Waals surface area contributed by atoms with Crippen molar-refractivity contribution >= 4 is 17.3 Å². The van der Waals surface area contributed by atoms with Gasteiger partial charge < -0.3 is 14.9 Å². The van der Waals surface area contributed by atoms with E-state index in [1.165, 1.54) is 24.5 Å². The molecule has 1 atom stereocenters. The summed E-state index contributed by atoms with van der Waals surface area (Å²) in [5.74, 6) is 1.28. The number of piperazine rings is 1. The Hall–Kier alpha value is -4.45. The summed E-state index contributed by atoms with van der Waals surface area (Å²) >= 11 is 0. The van der Waals surface area contributed by atoms with E-state index >= 15 is 0 Å². The summed E-state index contributed by atoms with van der Waals surface area (Å²) < 4.78 is 28.1. The van der Waals surface area contributed by atoms with Gasteiger partial charge in [0, 0.05) is 74.7 Å². The molecule has 4 aromatic heterocycles. The molecule has 0 amide bonds. The van der Waals surface area contributed by atoms with Gasteiger partial charge in [0.15, 0.2) is 5.82 Å². The van der Waals surface area contributed by atoms with Crippen molar-refractivity contribution in [1.29, 1.82) is 0 Å². The number of aryl methyl sites for hydroxylation is 1. The van der Waals surface area contributed by atoms with Crippen LogP contribution >= 0.6 is 0 Å². The SMILES string of the molecule is Cn1cc(-c2cc3c(N4CCN(c5ncc(C(O)CF)cn5)CC4)ncnn3c2)cn1.Fc1ccccc1. The Morgan fingerprint density at radius 2 is 1.61 bits per heavy atom. The maximum absolute atomic E-state index is 12.6. The normalized spacial score (nSPS) is 14.3. The number of fused-ring (bicyclic) bond motifs is 1. The summed E-state index contributed by atoms with van der Waals surface area (Å²) in [6.07, 6.45) is 9.14. The highest BCUT2D eigenvalue weighted by Gasteiger charge is 2.22. The van der Waals surface area contributed by atoms with Gasteiger partial charge in [-0.3, -0.25) is 4.68 Å². The molecule has 196 valence electrons. The number of hydrogen-bond acceptors (Lipinski definition) is 8. The summed E-state index contributed by atoms with van der Waals surface area (Å²) in [4.78, 5) is 17.4. The van der Waals surface area contributed by atoms with Crippen molar-refractivity contribution in [3.8, 4) is 11.1 Å². The summed E-state index contributed by atoms with van der Waals surface area (Å²) in [6, 6.07) is 10.0. The maximum atomic E-state index is 12.6. The van der Waals surface area contributed by atoms with E-state index in [1.54, 1.807) is 29.2 Å². The van der Waals surface area contributed by atoms with Gasteiger partial charge in [-0.25, -0.2) is 28.2 Å². The topological polar surface area (TPSA) is 100 Å². The van der Waals surface area contributed by atoms with Gasteiger partial charge in [0.2, 0.25) is 5.95 Å². The quantitative estimate of drug-likeness (QED) is 0.378. The lowest BCUT2D eigenvalue weighted by Crippen LogP contribution is -2.47. The zero-order valence-corrected chi connectivity index (χ0v) is 20.8. The van der Waals surface area contributed by atoms with E-state index in [2.05, 4.69) is 41.0 Å². The molecule has 5 aromatic rings. The van der Waals surface area contributed by atoms with E-state index < -0.39 is 12.8 Å². The second-order valence-electron chi connectivity index (χ2n) is 8.80. The van der Waals surface area contributed by atoms with Crippen LogP contribution < -0.4 is 9.80 Å². The van der Waals surface area contributed by atoms with Crippen LogP contribution in [0.5, 0.6) is 0 Å². The maximum Gasteiger partial charge on any atom is 0.225 e. The minimum absolute atomic E-state index is 0.178. The smallest absolute Gasteiger partial charge is 0.225 e. The number of aromatic nitrogens is 7. The molecular weight excluding hydrogens is 492 g/mol. The molecule has 0 radical (unpaired) electrons. The van der Waals surface area contributed by atoms with E-state index in [9.17, 15) is 13.9 Å². The van der Waals surface area contributed by atoms with Crippen LogP contribution in [0.1, 0.15) is 11.7 Å². The molecule has 0 spiro atoms. The molecule has 10 nitrogen and oxygen atoms in total. The first-order valence-electron chi connectivity index (χ1n) is 12.1. The Kier molecular flexibility index (Phi) is 7.50. The molecule has 5 heterocycles. The number of anilines is 2. The Morgan fingerprint density at radius 3 is 2.21 bits per heavy atom. The number of hydrogen-bond donors (Lipinski definition) is 1. The predicted octanol–water partition coefficient (Wildman–Crippen LogP) is 3.08. The van der Waals surface area contributed by atoms with Gasteiger partial charge >= 0.3 is 0 Å². The minimum atomic E-state index is -1.18. The van der Waals surface area contributed by atoms with Gasteiger partial charge in [0.25, 0.3) is 0 Å². The van der Waals surface area contributed by atoms with E-state index in [-0.39, 0.29) is 5.82 Å². The van der Waals surface area contributed by atoms with E-state index in [1.807, 2.05) is 30.2 Å². The molecule has 1 aromatic carbocycles. The zero-order chi connectivity index (χ0) is 26.5. The van der Waals surface area contributed by atoms with E-state index in [4.69, 9.17) is 0 Å². The first-order chi connectivity index (χ1) is 18.5. The molecule has 0 saturated carbocycles. The molecule has 1 saturated heterocycles. The highest BCUT2D eigenvalue weighted by Crippen LogP contribution is 2.27. The minimum Gasteiger partial charge on any atom is -0.386 e. The number of rotatable bonds is 5. The third-order valence-corrected chi connectivity index (χ3v) is 6.21. The second kappa shape index (κ2) is 11.3. The lowest BCUT2D eigenvalue weighted by molar-refractivity contribution is 0.141. The van der Waals surface area contributed by atoms with Crippen LogP contribution in [-0.4, -0.2) is 72.3 Å². The molecule has 1 aliphatic rings. The number of nitrogens with zero attached hydrogens (tertiary/aromatic N) is 9. The number of aliphatic hydroxyl groups excluding tert-OH is 1. The molecule has 12 heteroatoms. The van der Waals surface area contributed by atoms with E-state index in [0.29, 0.717) is 11.5 Å². The molecule has 1 N–H and O–H groups in total. The van der Waals surface area contributed by atoms with Crippen molar-refractivity contribution in [2.24, 2.45) is 7.05 Å². The van der Waals surface area contributed by atoms with Crippen molar-refractivity contribution in [1.82, 2.24) is 34.3 Å². The van der Waals surface area contributed by atoms with Crippen molar-refractivity contribution in [2.75, 3.05) is 42.7 Å². The van der Waals surface area contributed by atoms with Crippen LogP contribution in [0.4, 0.5) is 20.5 Å². The first-order valence-corrected chi connectivity index (χ1v) is 12.1. The average Bonchev–Trinajstić information content (AvgIpc) is 3.60. The summed E-state index contributed by atoms with van der Waals surface area (Å²) in [7, 11) is 1.89. The first kappa shape index (κ1) is 25.2. The van der Waals surface area contributed by atoms with Gasteiger partial charge in [0.1, 0.15) is 30.4 Å². The standard InChI is InChI=1S/C20H22FN9O.C6H5F/c1-27-11-16(10-25-27)14-6-17-19(24-13-26-30(17)12-14)28-2-4-29(5-3-28)20-22-8-15(9-23-20)18(31)7-21;7-6-4-2-1-3-5-6/h6,8-13,18,31H,2-5,7H2,1H3;1-5H. The number of aliphatic hydroxyl groups is 1. The lowest BCUT2D eigenvalue weighted by atomic mass is 10.2. The van der Waals surface area contributed by atoms with Crippen LogP contribution in [0, 0.1) is 5.82 Å². The Bertz CT molecular complexity index is 1470. The van der Waals surface area contributed by atoms with Crippen LogP contribution in [0.2, 0.25) is 0 Å². The fourth-order valence-electron chi connectivity index (χ4n) is 4.18. The summed E-state index contributed by atoms with van der Waals surface area (Å²) in [5.41, 5.74) is 3.39. The summed E-state index contributed by atoms with van der Waals surface area (Å²) in [5, 5.41) is 18.2. The molecular formula is C26H27F2N9O. The van der Waals surface area contributed by atoms with Crippen molar-refractivity contribution < 1.29 is 13.9 Å². The second-order valence-corrected chi connectivity index (χ2v) is 8.80.